The zero-order chi connectivity index (χ0) is 15.8. The van der Waals surface area contributed by atoms with Crippen LogP contribution >= 0.6 is 11.8 Å². The molecule has 0 aromatic rings. The Morgan fingerprint density at radius 1 is 1.14 bits per heavy atom. The number of rotatable bonds is 12. The highest BCUT2D eigenvalue weighted by atomic mass is 32.2. The molecule has 0 aromatic carbocycles. The van der Waals surface area contributed by atoms with E-state index in [1.54, 1.807) is 0 Å². The fraction of sp³-hybridized carbons (Fsp3) is 0.867. The van der Waals surface area contributed by atoms with Crippen molar-refractivity contribution in [3.8, 4) is 0 Å². The van der Waals surface area contributed by atoms with Gasteiger partial charge in [-0.15, -0.1) is 0 Å². The van der Waals surface area contributed by atoms with Crippen LogP contribution in [0.3, 0.4) is 0 Å². The molecule has 5 nitrogen and oxygen atoms in total. The quantitative estimate of drug-likeness (QED) is 0.250. The largest absolute Gasteiger partial charge is 0.469 e. The molecule has 0 saturated carbocycles. The van der Waals surface area contributed by atoms with E-state index in [0.717, 1.165) is 44.9 Å². The molecule has 2 N–H and O–H groups in total. The van der Waals surface area contributed by atoms with Gasteiger partial charge in [0.1, 0.15) is 0 Å². The standard InChI is InChI=1S/C15H31N3O2S/c1-4-16-15(18-12-8-9-13-21-3)17-11-7-5-6-10-14(19)20-2/h4-13H2,1-3H3,(H2,16,17,18). The molecule has 0 spiro atoms. The molecule has 21 heavy (non-hydrogen) atoms. The lowest BCUT2D eigenvalue weighted by molar-refractivity contribution is -0.140. The maximum atomic E-state index is 11.0. The van der Waals surface area contributed by atoms with Crippen LogP contribution < -0.4 is 10.6 Å². The van der Waals surface area contributed by atoms with Crippen molar-refractivity contribution in [3.63, 3.8) is 0 Å². The third-order valence-electron chi connectivity index (χ3n) is 2.95. The maximum absolute atomic E-state index is 11.0. The number of thioether (sulfide) groups is 1. The van der Waals surface area contributed by atoms with E-state index >= 15 is 0 Å². The number of carbonyl (C=O) groups is 1. The van der Waals surface area contributed by atoms with Crippen LogP contribution in [0.4, 0.5) is 0 Å². The second kappa shape index (κ2) is 15.5. The normalized spacial score (nSPS) is 11.3. The van der Waals surface area contributed by atoms with Crippen LogP contribution in [0, 0.1) is 0 Å². The second-order valence-corrected chi connectivity index (χ2v) is 5.76. The Labute approximate surface area is 133 Å². The summed E-state index contributed by atoms with van der Waals surface area (Å²) in [6.45, 7) is 4.70. The highest BCUT2D eigenvalue weighted by Gasteiger charge is 1.99. The molecule has 0 heterocycles. The van der Waals surface area contributed by atoms with Gasteiger partial charge in [0.15, 0.2) is 5.96 Å². The molecule has 0 bridgehead atoms. The number of carbonyl (C=O) groups excluding carboxylic acids is 1. The Morgan fingerprint density at radius 3 is 2.62 bits per heavy atom. The van der Waals surface area contributed by atoms with Crippen molar-refractivity contribution in [1.29, 1.82) is 0 Å². The summed E-state index contributed by atoms with van der Waals surface area (Å²) in [7, 11) is 1.43. The van der Waals surface area contributed by atoms with Gasteiger partial charge in [0.25, 0.3) is 0 Å². The molecule has 0 amide bonds. The lowest BCUT2D eigenvalue weighted by atomic mass is 10.2. The van der Waals surface area contributed by atoms with Gasteiger partial charge in [-0.2, -0.15) is 11.8 Å². The monoisotopic (exact) mass is 317 g/mol. The van der Waals surface area contributed by atoms with E-state index in [1.807, 2.05) is 11.8 Å². The van der Waals surface area contributed by atoms with E-state index in [4.69, 9.17) is 0 Å². The van der Waals surface area contributed by atoms with Crippen LogP contribution in [0.2, 0.25) is 0 Å². The average Bonchev–Trinajstić information content (AvgIpc) is 2.49. The maximum Gasteiger partial charge on any atom is 0.305 e. The fourth-order valence-electron chi connectivity index (χ4n) is 1.77. The Hall–Kier alpha value is -0.910. The van der Waals surface area contributed by atoms with Gasteiger partial charge in [-0.1, -0.05) is 6.42 Å². The highest BCUT2D eigenvalue weighted by Crippen LogP contribution is 2.01. The van der Waals surface area contributed by atoms with Crippen LogP contribution in [0.15, 0.2) is 4.99 Å². The molecule has 6 heteroatoms. The lowest BCUT2D eigenvalue weighted by Gasteiger charge is -2.11. The van der Waals surface area contributed by atoms with Gasteiger partial charge in [-0.05, 0) is 44.6 Å². The molecule has 0 aliphatic heterocycles. The summed E-state index contributed by atoms with van der Waals surface area (Å²) in [5, 5.41) is 6.60. The predicted molar refractivity (Wildman–Crippen MR) is 92.1 cm³/mol. The van der Waals surface area contributed by atoms with Gasteiger partial charge in [0, 0.05) is 26.1 Å². The van der Waals surface area contributed by atoms with Gasteiger partial charge >= 0.3 is 5.97 Å². The van der Waals surface area contributed by atoms with Crippen molar-refractivity contribution >= 4 is 23.7 Å². The molecule has 0 radical (unpaired) electrons. The van der Waals surface area contributed by atoms with E-state index in [2.05, 4.69) is 33.5 Å². The topological polar surface area (TPSA) is 62.7 Å². The number of esters is 1. The van der Waals surface area contributed by atoms with E-state index in [9.17, 15) is 4.79 Å². The summed E-state index contributed by atoms with van der Waals surface area (Å²) < 4.78 is 4.61. The van der Waals surface area contributed by atoms with E-state index < -0.39 is 0 Å². The summed E-state index contributed by atoms with van der Waals surface area (Å²) in [6.07, 6.45) is 7.94. The van der Waals surface area contributed by atoms with Gasteiger partial charge in [-0.25, -0.2) is 0 Å². The smallest absolute Gasteiger partial charge is 0.305 e. The molecule has 0 rings (SSSR count). The van der Waals surface area contributed by atoms with Crippen LogP contribution in [-0.2, 0) is 9.53 Å². The second-order valence-electron chi connectivity index (χ2n) is 4.77. The molecule has 0 saturated heterocycles. The Bertz CT molecular complexity index is 286. The first-order valence-electron chi connectivity index (χ1n) is 7.82. The summed E-state index contributed by atoms with van der Waals surface area (Å²) >= 11 is 1.89. The minimum Gasteiger partial charge on any atom is -0.469 e. The number of aliphatic imine (C=N–C) groups is 1. The molecule has 0 atom stereocenters. The first kappa shape index (κ1) is 20.1. The van der Waals surface area contributed by atoms with Crippen molar-refractivity contribution < 1.29 is 9.53 Å². The predicted octanol–water partition coefficient (Wildman–Crippen LogP) is 2.42. The van der Waals surface area contributed by atoms with Gasteiger partial charge < -0.3 is 15.4 Å². The van der Waals surface area contributed by atoms with Crippen molar-refractivity contribution in [2.45, 2.75) is 45.4 Å². The summed E-state index contributed by atoms with van der Waals surface area (Å²) in [5.41, 5.74) is 0. The van der Waals surface area contributed by atoms with E-state index in [0.29, 0.717) is 6.42 Å². The van der Waals surface area contributed by atoms with Crippen LogP contribution in [-0.4, -0.2) is 50.7 Å². The number of nitrogens with zero attached hydrogens (tertiary/aromatic N) is 1. The van der Waals surface area contributed by atoms with Gasteiger partial charge in [-0.3, -0.25) is 9.79 Å². The van der Waals surface area contributed by atoms with Crippen LogP contribution in [0.5, 0.6) is 0 Å². The minimum atomic E-state index is -0.126. The zero-order valence-electron chi connectivity index (χ0n) is 13.7. The molecule has 0 aliphatic rings. The first-order valence-corrected chi connectivity index (χ1v) is 9.21. The number of ether oxygens (including phenoxy) is 1. The van der Waals surface area contributed by atoms with Crippen LogP contribution in [0.1, 0.15) is 45.4 Å². The molecular formula is C15H31N3O2S. The number of unbranched alkanes of at least 4 members (excludes halogenated alkanes) is 3. The molecule has 0 unspecified atom stereocenters. The number of nitrogens with one attached hydrogen (secondary N) is 2. The molecule has 124 valence electrons. The Kier molecular flexibility index (Phi) is 14.8. The summed E-state index contributed by atoms with van der Waals surface area (Å²) in [4.78, 5) is 15.5. The molecular weight excluding hydrogens is 286 g/mol. The van der Waals surface area contributed by atoms with E-state index in [1.165, 1.54) is 25.7 Å². The summed E-state index contributed by atoms with van der Waals surface area (Å²) in [6, 6.07) is 0. The Morgan fingerprint density at radius 2 is 1.95 bits per heavy atom. The summed E-state index contributed by atoms with van der Waals surface area (Å²) in [5.74, 6) is 1.99. The minimum absolute atomic E-state index is 0.126. The number of methoxy groups -OCH3 is 1. The molecule has 0 fully saturated rings. The zero-order valence-corrected chi connectivity index (χ0v) is 14.6. The SMILES string of the molecule is CCNC(=NCCCCCC(=O)OC)NCCCCSC. The van der Waals surface area contributed by atoms with Crippen molar-refractivity contribution in [3.05, 3.63) is 0 Å². The lowest BCUT2D eigenvalue weighted by Crippen LogP contribution is -2.37. The fourth-order valence-corrected chi connectivity index (χ4v) is 2.26. The van der Waals surface area contributed by atoms with Crippen molar-refractivity contribution in [2.24, 2.45) is 4.99 Å². The van der Waals surface area contributed by atoms with E-state index in [-0.39, 0.29) is 5.97 Å². The molecule has 0 aromatic heterocycles. The Balaban J connectivity index is 3.70. The number of guanidine groups is 1. The average molecular weight is 317 g/mol. The third kappa shape index (κ3) is 13.8. The third-order valence-corrected chi connectivity index (χ3v) is 3.65. The van der Waals surface area contributed by atoms with Crippen molar-refractivity contribution in [2.75, 3.05) is 38.8 Å². The number of hydrogen-bond acceptors (Lipinski definition) is 4. The number of hydrogen-bond donors (Lipinski definition) is 2. The van der Waals surface area contributed by atoms with Crippen molar-refractivity contribution in [1.82, 2.24) is 10.6 Å². The van der Waals surface area contributed by atoms with Crippen LogP contribution in [0.25, 0.3) is 0 Å². The van der Waals surface area contributed by atoms with Gasteiger partial charge in [0.05, 0.1) is 7.11 Å². The molecule has 0 aliphatic carbocycles. The first-order chi connectivity index (χ1) is 10.2. The highest BCUT2D eigenvalue weighted by molar-refractivity contribution is 7.98. The van der Waals surface area contributed by atoms with Gasteiger partial charge in [0.2, 0.25) is 0 Å².